The van der Waals surface area contributed by atoms with E-state index < -0.39 is 46.5 Å². The number of H-pyrrole nitrogens is 1. The molecule has 2 aromatic rings. The molecule has 3 unspecified atom stereocenters. The molecule has 1 fully saturated rings. The first-order valence-corrected chi connectivity index (χ1v) is 11.8. The number of carboxylic acid groups (broad SMARTS) is 1. The van der Waals surface area contributed by atoms with Crippen molar-refractivity contribution in [1.29, 1.82) is 0 Å². The molecule has 4 rings (SSSR count). The Kier molecular flexibility index (Phi) is 6.85. The van der Waals surface area contributed by atoms with Crippen LogP contribution >= 0.6 is 23.5 Å². The van der Waals surface area contributed by atoms with Crippen LogP contribution in [0.25, 0.3) is 0 Å². The number of amides is 3. The number of nitrogens with one attached hydrogen (secondary N) is 2. The smallest absolute Gasteiger partial charge is 0.352 e. The Balaban J connectivity index is 1.55. The summed E-state index contributed by atoms with van der Waals surface area (Å²) in [6.07, 6.45) is -1.69. The monoisotopic (exact) mass is 505 g/mol. The van der Waals surface area contributed by atoms with Gasteiger partial charge in [-0.3, -0.25) is 19.3 Å². The summed E-state index contributed by atoms with van der Waals surface area (Å²) < 4.78 is 0. The van der Waals surface area contributed by atoms with Crippen LogP contribution in [0.1, 0.15) is 18.1 Å². The summed E-state index contributed by atoms with van der Waals surface area (Å²) in [5.41, 5.74) is 5.76. The van der Waals surface area contributed by atoms with Gasteiger partial charge in [-0.15, -0.1) is 22.0 Å². The maximum Gasteiger partial charge on any atom is 0.352 e. The molecule has 6 N–H and O–H groups in total. The molecule has 1 saturated heterocycles. The molecule has 3 heterocycles. The quantitative estimate of drug-likeness (QED) is 0.207. The minimum absolute atomic E-state index is 0.159. The van der Waals surface area contributed by atoms with Crippen LogP contribution in [0.15, 0.2) is 46.8 Å². The van der Waals surface area contributed by atoms with Gasteiger partial charge in [0.2, 0.25) is 11.1 Å². The van der Waals surface area contributed by atoms with Gasteiger partial charge in [0, 0.05) is 17.4 Å². The summed E-state index contributed by atoms with van der Waals surface area (Å²) in [6.45, 7) is 0. The fourth-order valence-electron chi connectivity index (χ4n) is 3.66. The third-order valence-corrected chi connectivity index (χ3v) is 7.63. The van der Waals surface area contributed by atoms with Crippen molar-refractivity contribution < 1.29 is 29.4 Å². The first-order valence-electron chi connectivity index (χ1n) is 9.90. The molecule has 178 valence electrons. The van der Waals surface area contributed by atoms with Crippen LogP contribution in [0.5, 0.6) is 0 Å². The van der Waals surface area contributed by atoms with Gasteiger partial charge in [0.15, 0.2) is 6.10 Å². The van der Waals surface area contributed by atoms with Crippen molar-refractivity contribution in [3.05, 3.63) is 47.2 Å². The van der Waals surface area contributed by atoms with Crippen LogP contribution < -0.4 is 11.1 Å². The zero-order valence-corrected chi connectivity index (χ0v) is 19.0. The highest BCUT2D eigenvalue weighted by atomic mass is 32.2. The van der Waals surface area contributed by atoms with E-state index in [4.69, 9.17) is 5.73 Å². The molecule has 0 aliphatic carbocycles. The van der Waals surface area contributed by atoms with Gasteiger partial charge in [-0.05, 0) is 16.3 Å². The first-order chi connectivity index (χ1) is 16.3. The topological polar surface area (TPSA) is 204 Å². The Bertz CT molecular complexity index is 1140. The van der Waals surface area contributed by atoms with E-state index >= 15 is 0 Å². The Hall–Kier alpha value is -3.43. The van der Waals surface area contributed by atoms with Crippen LogP contribution in [0.4, 0.5) is 0 Å². The van der Waals surface area contributed by atoms with E-state index in [9.17, 15) is 29.4 Å². The number of carbonyl (C=O) groups is 4. The number of aliphatic carboxylic acids is 1. The number of hydrogen-bond acceptors (Lipinski definition) is 10. The van der Waals surface area contributed by atoms with Gasteiger partial charge >= 0.3 is 5.97 Å². The minimum Gasteiger partial charge on any atom is -0.477 e. The highest BCUT2D eigenvalue weighted by molar-refractivity contribution is 8.01. The van der Waals surface area contributed by atoms with Crippen LogP contribution in [-0.4, -0.2) is 81.8 Å². The van der Waals surface area contributed by atoms with E-state index in [0.29, 0.717) is 11.1 Å². The van der Waals surface area contributed by atoms with Crippen molar-refractivity contribution in [2.45, 2.75) is 34.3 Å². The summed E-state index contributed by atoms with van der Waals surface area (Å²) in [5.74, 6) is -3.27. The predicted octanol–water partition coefficient (Wildman–Crippen LogP) is -0.992. The highest BCUT2D eigenvalue weighted by Gasteiger charge is 2.55. The summed E-state index contributed by atoms with van der Waals surface area (Å²) >= 11 is 2.23. The molecule has 1 aromatic heterocycles. The predicted molar refractivity (Wildman–Crippen MR) is 119 cm³/mol. The van der Waals surface area contributed by atoms with E-state index in [1.165, 1.54) is 11.8 Å². The molecule has 4 atom stereocenters. The molecule has 2 aliphatic rings. The van der Waals surface area contributed by atoms with Gasteiger partial charge in [-0.25, -0.2) is 4.79 Å². The normalized spacial score (nSPS) is 21.3. The standard InChI is InChI=1S/C19H19N7O6S2/c20-11(27)6-10(34-19-22-24-25-23-19)9-7-33-17-12(16(30)26(17)13(9)18(31)32)21-15(29)14(28)8-4-2-1-3-5-8/h1-5,10,12,14,17,28H,6-7H2,(H2,20,27)(H,21,29)(H,31,32)(H,22,23,24,25)/t10?,12?,14?,17-/m0/s1. The van der Waals surface area contributed by atoms with E-state index in [0.717, 1.165) is 16.7 Å². The van der Waals surface area contributed by atoms with Crippen LogP contribution in [0.3, 0.4) is 0 Å². The number of aromatic amines is 1. The highest BCUT2D eigenvalue weighted by Crippen LogP contribution is 2.44. The first kappa shape index (κ1) is 23.7. The number of carbonyl (C=O) groups excluding carboxylic acids is 3. The summed E-state index contributed by atoms with van der Waals surface area (Å²) in [4.78, 5) is 50.3. The Morgan fingerprint density at radius 1 is 1.32 bits per heavy atom. The number of aliphatic hydroxyl groups is 1. The maximum atomic E-state index is 12.9. The lowest BCUT2D eigenvalue weighted by atomic mass is 9.99. The van der Waals surface area contributed by atoms with Gasteiger partial charge in [0.25, 0.3) is 11.8 Å². The average molecular weight is 506 g/mol. The van der Waals surface area contributed by atoms with Gasteiger partial charge < -0.3 is 21.3 Å². The van der Waals surface area contributed by atoms with Gasteiger partial charge in [-0.1, -0.05) is 42.1 Å². The number of primary amides is 1. The van der Waals surface area contributed by atoms with Crippen molar-refractivity contribution in [2.24, 2.45) is 5.73 Å². The van der Waals surface area contributed by atoms with Crippen molar-refractivity contribution in [3.63, 3.8) is 0 Å². The molecule has 0 radical (unpaired) electrons. The third-order valence-electron chi connectivity index (χ3n) is 5.21. The molecule has 34 heavy (non-hydrogen) atoms. The molecule has 13 nitrogen and oxygen atoms in total. The number of β-lactam (4-membered cyclic amide) rings is 1. The second-order valence-corrected chi connectivity index (χ2v) is 9.63. The van der Waals surface area contributed by atoms with Crippen LogP contribution in [-0.2, 0) is 19.2 Å². The lowest BCUT2D eigenvalue weighted by Gasteiger charge is -2.50. The minimum atomic E-state index is -1.48. The number of hydrogen-bond donors (Lipinski definition) is 5. The average Bonchev–Trinajstić information content (AvgIpc) is 3.33. The second kappa shape index (κ2) is 9.82. The fourth-order valence-corrected chi connectivity index (χ4v) is 6.21. The van der Waals surface area contributed by atoms with Crippen molar-refractivity contribution in [2.75, 3.05) is 5.75 Å². The third kappa shape index (κ3) is 4.62. The SMILES string of the molecule is NC(=O)CC(Sc1nn[nH]n1)C1=C(C(=O)O)N2C(=O)C(NC(=O)C(O)c3ccccc3)[C@@H]2SC1. The number of nitrogens with zero attached hydrogens (tertiary/aromatic N) is 4. The van der Waals surface area contributed by atoms with E-state index in [1.807, 2.05) is 0 Å². The van der Waals surface area contributed by atoms with Crippen molar-refractivity contribution in [3.8, 4) is 0 Å². The molecule has 0 saturated carbocycles. The molecule has 1 aromatic carbocycles. The van der Waals surface area contributed by atoms with Crippen molar-refractivity contribution >= 4 is 47.2 Å². The van der Waals surface area contributed by atoms with E-state index in [2.05, 4.69) is 25.9 Å². The molecule has 3 amide bonds. The van der Waals surface area contributed by atoms with Crippen LogP contribution in [0, 0.1) is 0 Å². The van der Waals surface area contributed by atoms with Gasteiger partial charge in [0.1, 0.15) is 17.1 Å². The van der Waals surface area contributed by atoms with E-state index in [-0.39, 0.29) is 23.0 Å². The molecule has 2 aliphatic heterocycles. The number of fused-ring (bicyclic) bond motifs is 1. The van der Waals surface area contributed by atoms with E-state index in [1.54, 1.807) is 30.3 Å². The van der Waals surface area contributed by atoms with Gasteiger partial charge in [0.05, 0.1) is 0 Å². The molecular weight excluding hydrogens is 486 g/mol. The number of thioether (sulfide) groups is 2. The Morgan fingerprint density at radius 3 is 2.68 bits per heavy atom. The Morgan fingerprint density at radius 2 is 2.06 bits per heavy atom. The van der Waals surface area contributed by atoms with Gasteiger partial charge in [-0.2, -0.15) is 5.21 Å². The zero-order chi connectivity index (χ0) is 24.4. The molecule has 0 bridgehead atoms. The summed E-state index contributed by atoms with van der Waals surface area (Å²) in [6, 6.07) is 7.21. The number of carboxylic acids is 1. The number of aliphatic hydroxyl groups excluding tert-OH is 1. The maximum absolute atomic E-state index is 12.9. The zero-order valence-electron chi connectivity index (χ0n) is 17.3. The lowest BCUT2D eigenvalue weighted by molar-refractivity contribution is -0.151. The number of rotatable bonds is 9. The number of aromatic nitrogens is 4. The number of nitrogens with two attached hydrogens (primary N) is 1. The molecular formula is C19H19N7O6S2. The number of tetrazole rings is 1. The second-order valence-electron chi connectivity index (χ2n) is 7.36. The Labute approximate surface area is 200 Å². The fraction of sp³-hybridized carbons (Fsp3) is 0.316. The molecule has 15 heteroatoms. The lowest BCUT2D eigenvalue weighted by Crippen LogP contribution is -2.71. The van der Waals surface area contributed by atoms with Crippen molar-refractivity contribution in [1.82, 2.24) is 30.8 Å². The summed E-state index contributed by atoms with van der Waals surface area (Å²) in [5, 5.41) is 34.8. The molecule has 0 spiro atoms. The number of benzene rings is 1. The summed E-state index contributed by atoms with van der Waals surface area (Å²) in [7, 11) is 0. The largest absolute Gasteiger partial charge is 0.477 e. The van der Waals surface area contributed by atoms with Crippen LogP contribution in [0.2, 0.25) is 0 Å².